The highest BCUT2D eigenvalue weighted by molar-refractivity contribution is 5.95. The monoisotopic (exact) mass is 367 g/mol. The van der Waals surface area contributed by atoms with Crippen LogP contribution in [0.3, 0.4) is 0 Å². The van der Waals surface area contributed by atoms with Gasteiger partial charge in [-0.15, -0.1) is 0 Å². The number of pyridine rings is 1. The first kappa shape index (κ1) is 18.9. The Morgan fingerprint density at radius 1 is 1.22 bits per heavy atom. The molecule has 1 aromatic carbocycles. The van der Waals surface area contributed by atoms with Crippen molar-refractivity contribution in [1.29, 1.82) is 0 Å². The van der Waals surface area contributed by atoms with Crippen LogP contribution in [0.4, 0.5) is 4.79 Å². The third kappa shape index (κ3) is 4.64. The number of hydrogen-bond acceptors (Lipinski definition) is 4. The van der Waals surface area contributed by atoms with Gasteiger partial charge in [0.15, 0.2) is 0 Å². The van der Waals surface area contributed by atoms with Gasteiger partial charge in [0, 0.05) is 25.5 Å². The van der Waals surface area contributed by atoms with E-state index >= 15 is 0 Å². The standard InChI is InChI=1S/C21H25N3O3/c1-3-27-21(26)24-11-9-18-17(14-24)12-22-13-19(18)20(25)23-10-8-16-6-4-15(2)5-7-16/h4-7,12-13H,3,8-11,14H2,1-2H3,(H,23,25). The number of nitrogens with zero attached hydrogens (tertiary/aromatic N) is 2. The highest BCUT2D eigenvalue weighted by Gasteiger charge is 2.25. The molecule has 0 saturated heterocycles. The molecule has 142 valence electrons. The van der Waals surface area contributed by atoms with Crippen LogP contribution in [0, 0.1) is 6.92 Å². The zero-order valence-corrected chi connectivity index (χ0v) is 15.8. The van der Waals surface area contributed by atoms with Gasteiger partial charge >= 0.3 is 6.09 Å². The molecular formula is C21H25N3O3. The van der Waals surface area contributed by atoms with Crippen molar-refractivity contribution < 1.29 is 14.3 Å². The van der Waals surface area contributed by atoms with E-state index in [2.05, 4.69) is 41.5 Å². The molecule has 1 aliphatic heterocycles. The molecule has 0 radical (unpaired) electrons. The Morgan fingerprint density at radius 2 is 2.00 bits per heavy atom. The molecule has 0 atom stereocenters. The maximum Gasteiger partial charge on any atom is 0.410 e. The first-order chi connectivity index (χ1) is 13.1. The van der Waals surface area contributed by atoms with Crippen molar-refractivity contribution in [3.05, 3.63) is 64.5 Å². The summed E-state index contributed by atoms with van der Waals surface area (Å²) in [7, 11) is 0. The molecule has 1 N–H and O–H groups in total. The van der Waals surface area contributed by atoms with Crippen LogP contribution >= 0.6 is 0 Å². The topological polar surface area (TPSA) is 71.5 Å². The van der Waals surface area contributed by atoms with Crippen molar-refractivity contribution in [2.24, 2.45) is 0 Å². The second-order valence-electron chi connectivity index (χ2n) is 6.69. The summed E-state index contributed by atoms with van der Waals surface area (Å²) in [5.74, 6) is -0.115. The Hall–Kier alpha value is -2.89. The zero-order valence-electron chi connectivity index (χ0n) is 15.8. The van der Waals surface area contributed by atoms with E-state index in [1.807, 2.05) is 0 Å². The van der Waals surface area contributed by atoms with Gasteiger partial charge in [-0.05, 0) is 43.4 Å². The molecule has 2 heterocycles. The van der Waals surface area contributed by atoms with Gasteiger partial charge in [0.1, 0.15) is 0 Å². The zero-order chi connectivity index (χ0) is 19.2. The van der Waals surface area contributed by atoms with Gasteiger partial charge in [0.25, 0.3) is 5.91 Å². The van der Waals surface area contributed by atoms with Crippen molar-refractivity contribution in [3.63, 3.8) is 0 Å². The molecule has 0 unspecified atom stereocenters. The number of aryl methyl sites for hydroxylation is 1. The fourth-order valence-electron chi connectivity index (χ4n) is 3.23. The van der Waals surface area contributed by atoms with E-state index in [1.54, 1.807) is 24.2 Å². The summed E-state index contributed by atoms with van der Waals surface area (Å²) in [6.07, 6.45) is 4.42. The minimum atomic E-state index is -0.323. The second-order valence-corrected chi connectivity index (χ2v) is 6.69. The van der Waals surface area contributed by atoms with Crippen molar-refractivity contribution in [2.45, 2.75) is 33.2 Å². The van der Waals surface area contributed by atoms with Gasteiger partial charge in [0.05, 0.1) is 18.7 Å². The highest BCUT2D eigenvalue weighted by atomic mass is 16.6. The number of amides is 2. The van der Waals surface area contributed by atoms with Gasteiger partial charge in [0.2, 0.25) is 0 Å². The summed E-state index contributed by atoms with van der Waals surface area (Å²) in [5, 5.41) is 2.98. The fraction of sp³-hybridized carbons (Fsp3) is 0.381. The molecule has 6 nitrogen and oxygen atoms in total. The van der Waals surface area contributed by atoms with Gasteiger partial charge < -0.3 is 15.0 Å². The van der Waals surface area contributed by atoms with Gasteiger partial charge in [-0.25, -0.2) is 4.79 Å². The molecule has 2 aromatic rings. The number of benzene rings is 1. The second kappa shape index (κ2) is 8.66. The Morgan fingerprint density at radius 3 is 2.74 bits per heavy atom. The lowest BCUT2D eigenvalue weighted by atomic mass is 9.97. The molecule has 0 saturated carbocycles. The molecule has 0 fully saturated rings. The van der Waals surface area contributed by atoms with Gasteiger partial charge in [-0.1, -0.05) is 29.8 Å². The van der Waals surface area contributed by atoms with E-state index in [-0.39, 0.29) is 12.0 Å². The molecule has 1 aromatic heterocycles. The lowest BCUT2D eigenvalue weighted by Crippen LogP contribution is -2.37. The smallest absolute Gasteiger partial charge is 0.410 e. The van der Waals surface area contributed by atoms with E-state index < -0.39 is 0 Å². The Balaban J connectivity index is 1.62. The van der Waals surface area contributed by atoms with Crippen LogP contribution < -0.4 is 5.32 Å². The Labute approximate surface area is 159 Å². The molecule has 3 rings (SSSR count). The fourth-order valence-corrected chi connectivity index (χ4v) is 3.23. The third-order valence-corrected chi connectivity index (χ3v) is 4.73. The van der Waals surface area contributed by atoms with Crippen molar-refractivity contribution in [2.75, 3.05) is 19.7 Å². The SMILES string of the molecule is CCOC(=O)N1CCc2c(cncc2C(=O)NCCc2ccc(C)cc2)C1. The van der Waals surface area contributed by atoms with Gasteiger partial charge in [-0.2, -0.15) is 0 Å². The van der Waals surface area contributed by atoms with Crippen LogP contribution in [0.25, 0.3) is 0 Å². The lowest BCUT2D eigenvalue weighted by Gasteiger charge is -2.28. The molecule has 0 bridgehead atoms. The number of aromatic nitrogens is 1. The first-order valence-corrected chi connectivity index (χ1v) is 9.29. The normalized spacial score (nSPS) is 13.0. The number of carbonyl (C=O) groups excluding carboxylic acids is 2. The summed E-state index contributed by atoms with van der Waals surface area (Å²) in [4.78, 5) is 30.4. The van der Waals surface area contributed by atoms with E-state index in [0.717, 1.165) is 17.5 Å². The van der Waals surface area contributed by atoms with E-state index in [4.69, 9.17) is 4.74 Å². The summed E-state index contributed by atoms with van der Waals surface area (Å²) in [6, 6.07) is 8.31. The average Bonchev–Trinajstić information content (AvgIpc) is 2.68. The number of nitrogens with one attached hydrogen (secondary N) is 1. The Kier molecular flexibility index (Phi) is 6.06. The number of carbonyl (C=O) groups is 2. The maximum absolute atomic E-state index is 12.6. The van der Waals surface area contributed by atoms with Crippen molar-refractivity contribution >= 4 is 12.0 Å². The summed E-state index contributed by atoms with van der Waals surface area (Å²) >= 11 is 0. The molecule has 2 amide bonds. The number of hydrogen-bond donors (Lipinski definition) is 1. The number of ether oxygens (including phenoxy) is 1. The predicted molar refractivity (Wildman–Crippen MR) is 103 cm³/mol. The molecule has 27 heavy (non-hydrogen) atoms. The predicted octanol–water partition coefficient (Wildman–Crippen LogP) is 2.88. The third-order valence-electron chi connectivity index (χ3n) is 4.73. The highest BCUT2D eigenvalue weighted by Crippen LogP contribution is 2.22. The molecular weight excluding hydrogens is 342 g/mol. The van der Waals surface area contributed by atoms with E-state index in [9.17, 15) is 9.59 Å². The summed E-state index contributed by atoms with van der Waals surface area (Å²) in [5.41, 5.74) is 4.89. The van der Waals surface area contributed by atoms with Crippen LogP contribution in [0.5, 0.6) is 0 Å². The van der Waals surface area contributed by atoms with Crippen LogP contribution in [0.15, 0.2) is 36.7 Å². The van der Waals surface area contributed by atoms with E-state index in [1.165, 1.54) is 11.1 Å². The van der Waals surface area contributed by atoms with Crippen LogP contribution in [-0.4, -0.2) is 41.6 Å². The number of fused-ring (bicyclic) bond motifs is 1. The minimum Gasteiger partial charge on any atom is -0.450 e. The molecule has 1 aliphatic rings. The summed E-state index contributed by atoms with van der Waals surface area (Å²) in [6.45, 7) is 5.73. The van der Waals surface area contributed by atoms with Crippen LogP contribution in [0.1, 0.15) is 39.5 Å². The van der Waals surface area contributed by atoms with E-state index in [0.29, 0.717) is 38.2 Å². The minimum absolute atomic E-state index is 0.115. The summed E-state index contributed by atoms with van der Waals surface area (Å²) < 4.78 is 5.06. The first-order valence-electron chi connectivity index (χ1n) is 9.29. The Bertz CT molecular complexity index is 818. The number of rotatable bonds is 5. The van der Waals surface area contributed by atoms with Gasteiger partial charge in [-0.3, -0.25) is 9.78 Å². The maximum atomic E-state index is 12.6. The molecule has 6 heteroatoms. The quantitative estimate of drug-likeness (QED) is 0.882. The van der Waals surface area contributed by atoms with Crippen LogP contribution in [0.2, 0.25) is 0 Å². The van der Waals surface area contributed by atoms with Crippen LogP contribution in [-0.2, 0) is 24.1 Å². The largest absolute Gasteiger partial charge is 0.450 e. The van der Waals surface area contributed by atoms with Crippen molar-refractivity contribution in [1.82, 2.24) is 15.2 Å². The lowest BCUT2D eigenvalue weighted by molar-refractivity contribution is 0.0950. The molecule has 0 aliphatic carbocycles. The average molecular weight is 367 g/mol. The molecule has 0 spiro atoms. The van der Waals surface area contributed by atoms with Crippen molar-refractivity contribution in [3.8, 4) is 0 Å².